The molecule has 2 aromatic rings. The minimum atomic E-state index is -0.328. The van der Waals surface area contributed by atoms with Crippen molar-refractivity contribution in [3.8, 4) is 0 Å². The zero-order valence-electron chi connectivity index (χ0n) is 16.8. The lowest BCUT2D eigenvalue weighted by atomic mass is 10.1. The van der Waals surface area contributed by atoms with Crippen LogP contribution in [-0.2, 0) is 16.0 Å². The van der Waals surface area contributed by atoms with Crippen LogP contribution < -0.4 is 4.90 Å². The third kappa shape index (κ3) is 4.45. The maximum Gasteiger partial charge on any atom is 0.228 e. The summed E-state index contributed by atoms with van der Waals surface area (Å²) in [5.41, 5.74) is 1.52. The van der Waals surface area contributed by atoms with Gasteiger partial charge in [0.05, 0.1) is 11.6 Å². The van der Waals surface area contributed by atoms with Crippen LogP contribution in [0.3, 0.4) is 0 Å². The van der Waals surface area contributed by atoms with Crippen LogP contribution in [-0.4, -0.2) is 60.9 Å². The van der Waals surface area contributed by atoms with E-state index in [1.54, 1.807) is 40.1 Å². The van der Waals surface area contributed by atoms with E-state index in [9.17, 15) is 18.4 Å². The molecule has 158 valence electrons. The molecule has 0 aromatic heterocycles. The second-order valence-corrected chi connectivity index (χ2v) is 7.88. The quantitative estimate of drug-likeness (QED) is 0.757. The van der Waals surface area contributed by atoms with Crippen LogP contribution in [0.1, 0.15) is 12.0 Å². The molecule has 0 spiro atoms. The molecule has 2 aliphatic heterocycles. The number of carbonyl (C=O) groups excluding carboxylic acids is 2. The van der Waals surface area contributed by atoms with Crippen molar-refractivity contribution >= 4 is 17.5 Å². The number of anilines is 1. The summed E-state index contributed by atoms with van der Waals surface area (Å²) >= 11 is 0. The number of hydrogen-bond acceptors (Lipinski definition) is 3. The van der Waals surface area contributed by atoms with Crippen LogP contribution in [0.2, 0.25) is 0 Å². The molecule has 7 heteroatoms. The number of hydrogen-bond donors (Lipinski definition) is 0. The fourth-order valence-corrected chi connectivity index (χ4v) is 4.20. The van der Waals surface area contributed by atoms with Crippen LogP contribution >= 0.6 is 0 Å². The van der Waals surface area contributed by atoms with Gasteiger partial charge in [-0.15, -0.1) is 0 Å². The van der Waals surface area contributed by atoms with Crippen molar-refractivity contribution in [2.75, 3.05) is 44.2 Å². The number of halogens is 2. The third-order valence-electron chi connectivity index (χ3n) is 5.93. The Labute approximate surface area is 174 Å². The Morgan fingerprint density at radius 2 is 1.67 bits per heavy atom. The summed E-state index contributed by atoms with van der Waals surface area (Å²) in [6, 6.07) is 12.9. The third-order valence-corrected chi connectivity index (χ3v) is 5.93. The van der Waals surface area contributed by atoms with Gasteiger partial charge in [-0.25, -0.2) is 8.78 Å². The SMILES string of the molecule is O=C1C[C@@H](C(=O)N2CCN(c3ccccc3F)CC2)CN1CCc1ccc(F)cc1. The van der Waals surface area contributed by atoms with Gasteiger partial charge in [-0.2, -0.15) is 0 Å². The van der Waals surface area contributed by atoms with E-state index in [1.807, 2.05) is 4.90 Å². The molecule has 0 unspecified atom stereocenters. The van der Waals surface area contributed by atoms with Gasteiger partial charge in [-0.3, -0.25) is 9.59 Å². The number of likely N-dealkylation sites (tertiary alicyclic amines) is 1. The highest BCUT2D eigenvalue weighted by atomic mass is 19.1. The van der Waals surface area contributed by atoms with Gasteiger partial charge in [0.1, 0.15) is 11.6 Å². The van der Waals surface area contributed by atoms with Crippen molar-refractivity contribution in [3.63, 3.8) is 0 Å². The average molecular weight is 413 g/mol. The largest absolute Gasteiger partial charge is 0.366 e. The van der Waals surface area contributed by atoms with E-state index >= 15 is 0 Å². The number of carbonyl (C=O) groups is 2. The van der Waals surface area contributed by atoms with Gasteiger partial charge in [-0.1, -0.05) is 24.3 Å². The van der Waals surface area contributed by atoms with Crippen molar-refractivity contribution < 1.29 is 18.4 Å². The number of amides is 2. The average Bonchev–Trinajstić information content (AvgIpc) is 3.14. The van der Waals surface area contributed by atoms with Crippen LogP contribution in [0.5, 0.6) is 0 Å². The van der Waals surface area contributed by atoms with Crippen molar-refractivity contribution in [2.45, 2.75) is 12.8 Å². The van der Waals surface area contributed by atoms with Crippen molar-refractivity contribution in [1.82, 2.24) is 9.80 Å². The molecule has 2 aromatic carbocycles. The number of rotatable bonds is 5. The lowest BCUT2D eigenvalue weighted by Crippen LogP contribution is -2.51. The van der Waals surface area contributed by atoms with Crippen LogP contribution in [0.15, 0.2) is 48.5 Å². The van der Waals surface area contributed by atoms with E-state index < -0.39 is 0 Å². The van der Waals surface area contributed by atoms with E-state index in [0.717, 1.165) is 5.56 Å². The predicted octanol–water partition coefficient (Wildman–Crippen LogP) is 2.70. The molecule has 30 heavy (non-hydrogen) atoms. The maximum absolute atomic E-state index is 14.0. The molecule has 0 N–H and O–H groups in total. The summed E-state index contributed by atoms with van der Waals surface area (Å²) in [7, 11) is 0. The van der Waals surface area contributed by atoms with Crippen LogP contribution in [0.4, 0.5) is 14.5 Å². The normalized spacial score (nSPS) is 19.5. The summed E-state index contributed by atoms with van der Waals surface area (Å²) in [5.74, 6) is -0.876. The van der Waals surface area contributed by atoms with Gasteiger partial charge < -0.3 is 14.7 Å². The van der Waals surface area contributed by atoms with Gasteiger partial charge in [0, 0.05) is 45.7 Å². The Hall–Kier alpha value is -2.96. The minimum absolute atomic E-state index is 0.000755. The molecule has 2 saturated heterocycles. The molecule has 5 nitrogen and oxygen atoms in total. The monoisotopic (exact) mass is 413 g/mol. The number of piperazine rings is 1. The number of para-hydroxylation sites is 1. The van der Waals surface area contributed by atoms with Gasteiger partial charge in [0.15, 0.2) is 0 Å². The Morgan fingerprint density at radius 3 is 2.37 bits per heavy atom. The Kier molecular flexibility index (Phi) is 5.97. The van der Waals surface area contributed by atoms with Crippen LogP contribution in [0.25, 0.3) is 0 Å². The fourth-order valence-electron chi connectivity index (χ4n) is 4.20. The molecular formula is C23H25F2N3O2. The van der Waals surface area contributed by atoms with Crippen molar-refractivity contribution in [3.05, 3.63) is 65.7 Å². The zero-order valence-corrected chi connectivity index (χ0v) is 16.8. The summed E-state index contributed by atoms with van der Waals surface area (Å²) in [4.78, 5) is 30.8. The first-order valence-corrected chi connectivity index (χ1v) is 10.3. The zero-order chi connectivity index (χ0) is 21.1. The molecule has 2 amide bonds. The molecular weight excluding hydrogens is 388 g/mol. The molecule has 0 saturated carbocycles. The molecule has 0 bridgehead atoms. The Bertz CT molecular complexity index is 911. The topological polar surface area (TPSA) is 43.9 Å². The van der Waals surface area contributed by atoms with Gasteiger partial charge in [-0.05, 0) is 36.2 Å². The minimum Gasteiger partial charge on any atom is -0.366 e. The Morgan fingerprint density at radius 1 is 0.967 bits per heavy atom. The highest BCUT2D eigenvalue weighted by Gasteiger charge is 2.37. The number of benzene rings is 2. The first kappa shape index (κ1) is 20.3. The lowest BCUT2D eigenvalue weighted by molar-refractivity contribution is -0.136. The van der Waals surface area contributed by atoms with E-state index in [0.29, 0.717) is 51.4 Å². The smallest absolute Gasteiger partial charge is 0.228 e. The maximum atomic E-state index is 14.0. The van der Waals surface area contributed by atoms with Gasteiger partial charge >= 0.3 is 0 Å². The molecule has 0 radical (unpaired) electrons. The second kappa shape index (κ2) is 8.81. The van der Waals surface area contributed by atoms with Gasteiger partial charge in [0.2, 0.25) is 11.8 Å². The number of nitrogens with zero attached hydrogens (tertiary/aromatic N) is 3. The molecule has 2 aliphatic rings. The highest BCUT2D eigenvalue weighted by Crippen LogP contribution is 2.24. The summed E-state index contributed by atoms with van der Waals surface area (Å²) < 4.78 is 27.0. The predicted molar refractivity (Wildman–Crippen MR) is 110 cm³/mol. The second-order valence-electron chi connectivity index (χ2n) is 7.88. The summed E-state index contributed by atoms with van der Waals surface area (Å²) in [6.45, 7) is 3.13. The molecule has 0 aliphatic carbocycles. The van der Waals surface area contributed by atoms with Gasteiger partial charge in [0.25, 0.3) is 0 Å². The molecule has 1 atom stereocenters. The molecule has 4 rings (SSSR count). The van der Waals surface area contributed by atoms with Crippen LogP contribution in [0, 0.1) is 17.6 Å². The summed E-state index contributed by atoms with van der Waals surface area (Å²) in [6.07, 6.45) is 0.865. The lowest BCUT2D eigenvalue weighted by Gasteiger charge is -2.37. The van der Waals surface area contributed by atoms with Crippen molar-refractivity contribution in [2.24, 2.45) is 5.92 Å². The Balaban J connectivity index is 1.28. The van der Waals surface area contributed by atoms with Crippen molar-refractivity contribution in [1.29, 1.82) is 0 Å². The van der Waals surface area contributed by atoms with E-state index in [-0.39, 0.29) is 35.8 Å². The summed E-state index contributed by atoms with van der Waals surface area (Å²) in [5, 5.41) is 0. The van der Waals surface area contributed by atoms with E-state index in [1.165, 1.54) is 18.2 Å². The standard InChI is InChI=1S/C23H25F2N3O2/c24-19-7-5-17(6-8-19)9-10-28-16-18(15-22(28)29)23(30)27-13-11-26(12-14-27)21-4-2-1-3-20(21)25/h1-8,18H,9-16H2/t18-/m1/s1. The highest BCUT2D eigenvalue weighted by molar-refractivity contribution is 5.89. The van der Waals surface area contributed by atoms with E-state index in [2.05, 4.69) is 0 Å². The fraction of sp³-hybridized carbons (Fsp3) is 0.391. The molecule has 2 heterocycles. The first-order chi connectivity index (χ1) is 14.5. The van der Waals surface area contributed by atoms with E-state index in [4.69, 9.17) is 0 Å². The molecule has 2 fully saturated rings. The first-order valence-electron chi connectivity index (χ1n) is 10.3.